The third-order valence-corrected chi connectivity index (χ3v) is 5.34. The van der Waals surface area contributed by atoms with Crippen molar-refractivity contribution in [2.24, 2.45) is 5.92 Å². The number of aryl methyl sites for hydroxylation is 1. The van der Waals surface area contributed by atoms with Crippen molar-refractivity contribution in [2.75, 3.05) is 31.1 Å². The molecule has 3 heteroatoms. The standard InChI is InChI=1S/C18H29N3/c1-3-16-4-5-18(19-14-16)21-12-8-17(9-13-21)20-10-6-15(2)7-11-20/h4-5,14-15,17H,3,6-13H2,1-2H3. The Morgan fingerprint density at radius 1 is 1.05 bits per heavy atom. The lowest BCUT2D eigenvalue weighted by Gasteiger charge is -2.41. The lowest BCUT2D eigenvalue weighted by atomic mass is 9.95. The molecule has 21 heavy (non-hydrogen) atoms. The molecule has 0 radical (unpaired) electrons. The molecule has 0 spiro atoms. The molecule has 116 valence electrons. The molecule has 0 aromatic carbocycles. The van der Waals surface area contributed by atoms with Crippen LogP contribution in [0.2, 0.25) is 0 Å². The molecule has 0 saturated carbocycles. The average molecular weight is 287 g/mol. The maximum Gasteiger partial charge on any atom is 0.128 e. The van der Waals surface area contributed by atoms with Gasteiger partial charge in [-0.05, 0) is 62.7 Å². The average Bonchev–Trinajstić information content (AvgIpc) is 2.56. The van der Waals surface area contributed by atoms with Crippen LogP contribution in [0.25, 0.3) is 0 Å². The molecule has 2 fully saturated rings. The molecule has 2 saturated heterocycles. The second-order valence-corrected chi connectivity index (χ2v) is 6.81. The highest BCUT2D eigenvalue weighted by atomic mass is 15.2. The Morgan fingerprint density at radius 3 is 2.33 bits per heavy atom. The number of pyridine rings is 1. The van der Waals surface area contributed by atoms with Crippen LogP contribution in [0.15, 0.2) is 18.3 Å². The third kappa shape index (κ3) is 3.57. The lowest BCUT2D eigenvalue weighted by Crippen LogP contribution is -2.47. The van der Waals surface area contributed by atoms with E-state index in [9.17, 15) is 0 Å². The van der Waals surface area contributed by atoms with Crippen LogP contribution >= 0.6 is 0 Å². The Kier molecular flexibility index (Phi) is 4.79. The zero-order chi connectivity index (χ0) is 14.7. The van der Waals surface area contributed by atoms with Gasteiger partial charge in [-0.3, -0.25) is 0 Å². The van der Waals surface area contributed by atoms with Crippen molar-refractivity contribution in [1.29, 1.82) is 0 Å². The summed E-state index contributed by atoms with van der Waals surface area (Å²) >= 11 is 0. The molecule has 0 bridgehead atoms. The highest BCUT2D eigenvalue weighted by Gasteiger charge is 2.27. The van der Waals surface area contributed by atoms with Gasteiger partial charge in [-0.15, -0.1) is 0 Å². The van der Waals surface area contributed by atoms with Crippen LogP contribution in [0.3, 0.4) is 0 Å². The summed E-state index contributed by atoms with van der Waals surface area (Å²) in [5.41, 5.74) is 1.33. The number of hydrogen-bond donors (Lipinski definition) is 0. The number of likely N-dealkylation sites (tertiary alicyclic amines) is 1. The zero-order valence-electron chi connectivity index (χ0n) is 13.6. The molecule has 1 aromatic rings. The lowest BCUT2D eigenvalue weighted by molar-refractivity contribution is 0.120. The van der Waals surface area contributed by atoms with E-state index in [-0.39, 0.29) is 0 Å². The summed E-state index contributed by atoms with van der Waals surface area (Å²) in [6.45, 7) is 9.53. The molecule has 0 unspecified atom stereocenters. The summed E-state index contributed by atoms with van der Waals surface area (Å²) in [7, 11) is 0. The van der Waals surface area contributed by atoms with E-state index >= 15 is 0 Å². The Labute approximate surface area is 129 Å². The maximum atomic E-state index is 4.63. The van der Waals surface area contributed by atoms with Crippen molar-refractivity contribution in [3.05, 3.63) is 23.9 Å². The summed E-state index contributed by atoms with van der Waals surface area (Å²) in [6.07, 6.45) is 8.48. The first-order valence-electron chi connectivity index (χ1n) is 8.70. The number of anilines is 1. The molecule has 3 rings (SSSR count). The van der Waals surface area contributed by atoms with Gasteiger partial charge in [0.15, 0.2) is 0 Å². The molecule has 2 aliphatic heterocycles. The van der Waals surface area contributed by atoms with Crippen LogP contribution in [-0.4, -0.2) is 42.1 Å². The molecule has 1 aromatic heterocycles. The van der Waals surface area contributed by atoms with Gasteiger partial charge in [0.2, 0.25) is 0 Å². The normalized spacial score (nSPS) is 22.7. The van der Waals surface area contributed by atoms with Crippen LogP contribution in [0.1, 0.15) is 45.1 Å². The van der Waals surface area contributed by atoms with Gasteiger partial charge in [-0.1, -0.05) is 19.9 Å². The Morgan fingerprint density at radius 2 is 1.76 bits per heavy atom. The summed E-state index contributed by atoms with van der Waals surface area (Å²) in [6, 6.07) is 5.23. The van der Waals surface area contributed by atoms with Gasteiger partial charge < -0.3 is 9.80 Å². The quantitative estimate of drug-likeness (QED) is 0.850. The van der Waals surface area contributed by atoms with Crippen molar-refractivity contribution in [3.63, 3.8) is 0 Å². The summed E-state index contributed by atoms with van der Waals surface area (Å²) in [5.74, 6) is 2.10. The first-order chi connectivity index (χ1) is 10.3. The Balaban J connectivity index is 1.52. The van der Waals surface area contributed by atoms with E-state index in [1.54, 1.807) is 0 Å². The van der Waals surface area contributed by atoms with Gasteiger partial charge in [-0.25, -0.2) is 4.98 Å². The van der Waals surface area contributed by atoms with E-state index < -0.39 is 0 Å². The van der Waals surface area contributed by atoms with Gasteiger partial charge in [0.1, 0.15) is 5.82 Å². The van der Waals surface area contributed by atoms with Crippen molar-refractivity contribution in [1.82, 2.24) is 9.88 Å². The molecule has 3 nitrogen and oxygen atoms in total. The Hall–Kier alpha value is -1.09. The topological polar surface area (TPSA) is 19.4 Å². The van der Waals surface area contributed by atoms with E-state index in [1.165, 1.54) is 44.3 Å². The number of rotatable bonds is 3. The molecule has 0 atom stereocenters. The van der Waals surface area contributed by atoms with E-state index in [1.807, 2.05) is 6.20 Å². The van der Waals surface area contributed by atoms with Crippen LogP contribution in [0.4, 0.5) is 5.82 Å². The van der Waals surface area contributed by atoms with Crippen molar-refractivity contribution in [3.8, 4) is 0 Å². The fourth-order valence-corrected chi connectivity index (χ4v) is 3.67. The van der Waals surface area contributed by atoms with Crippen molar-refractivity contribution < 1.29 is 0 Å². The molecule has 0 N–H and O–H groups in total. The molecule has 0 aliphatic carbocycles. The summed E-state index contributed by atoms with van der Waals surface area (Å²) < 4.78 is 0. The largest absolute Gasteiger partial charge is 0.357 e. The second kappa shape index (κ2) is 6.78. The highest BCUT2D eigenvalue weighted by molar-refractivity contribution is 5.39. The first kappa shape index (κ1) is 14.8. The number of nitrogens with zero attached hydrogens (tertiary/aromatic N) is 3. The van der Waals surface area contributed by atoms with Gasteiger partial charge in [0.05, 0.1) is 0 Å². The zero-order valence-corrected chi connectivity index (χ0v) is 13.6. The Bertz CT molecular complexity index is 426. The second-order valence-electron chi connectivity index (χ2n) is 6.81. The maximum absolute atomic E-state index is 4.63. The summed E-state index contributed by atoms with van der Waals surface area (Å²) in [5, 5.41) is 0. The molecule has 0 amide bonds. The number of aromatic nitrogens is 1. The van der Waals surface area contributed by atoms with Crippen LogP contribution in [-0.2, 0) is 6.42 Å². The molecular weight excluding hydrogens is 258 g/mol. The summed E-state index contributed by atoms with van der Waals surface area (Å²) in [4.78, 5) is 9.83. The minimum Gasteiger partial charge on any atom is -0.357 e. The fourth-order valence-electron chi connectivity index (χ4n) is 3.67. The first-order valence-corrected chi connectivity index (χ1v) is 8.70. The van der Waals surface area contributed by atoms with E-state index in [0.29, 0.717) is 0 Å². The fraction of sp³-hybridized carbons (Fsp3) is 0.722. The highest BCUT2D eigenvalue weighted by Crippen LogP contribution is 2.25. The molecular formula is C18H29N3. The molecule has 3 heterocycles. The van der Waals surface area contributed by atoms with E-state index in [0.717, 1.165) is 37.3 Å². The smallest absolute Gasteiger partial charge is 0.128 e. The molecule has 2 aliphatic rings. The minimum atomic E-state index is 0.809. The van der Waals surface area contributed by atoms with Gasteiger partial charge in [0.25, 0.3) is 0 Å². The van der Waals surface area contributed by atoms with Crippen molar-refractivity contribution >= 4 is 5.82 Å². The van der Waals surface area contributed by atoms with E-state index in [4.69, 9.17) is 0 Å². The monoisotopic (exact) mass is 287 g/mol. The van der Waals surface area contributed by atoms with Crippen molar-refractivity contribution in [2.45, 2.75) is 52.0 Å². The SMILES string of the molecule is CCc1ccc(N2CCC(N3CCC(C)CC3)CC2)nc1. The third-order valence-electron chi connectivity index (χ3n) is 5.34. The number of piperidine rings is 2. The van der Waals surface area contributed by atoms with Crippen LogP contribution in [0, 0.1) is 5.92 Å². The predicted octanol–water partition coefficient (Wildman–Crippen LogP) is 3.34. The van der Waals surface area contributed by atoms with Gasteiger partial charge >= 0.3 is 0 Å². The minimum absolute atomic E-state index is 0.809. The van der Waals surface area contributed by atoms with Gasteiger partial charge in [0, 0.05) is 25.3 Å². The predicted molar refractivity (Wildman–Crippen MR) is 88.8 cm³/mol. The van der Waals surface area contributed by atoms with Gasteiger partial charge in [-0.2, -0.15) is 0 Å². The van der Waals surface area contributed by atoms with Crippen LogP contribution < -0.4 is 4.90 Å². The van der Waals surface area contributed by atoms with Crippen LogP contribution in [0.5, 0.6) is 0 Å². The van der Waals surface area contributed by atoms with E-state index in [2.05, 4.69) is 40.8 Å². The number of hydrogen-bond acceptors (Lipinski definition) is 3.